The highest BCUT2D eigenvalue weighted by Gasteiger charge is 2.36. The topological polar surface area (TPSA) is 81.0 Å². The maximum absolute atomic E-state index is 12.3. The second-order valence-corrected chi connectivity index (χ2v) is 6.17. The molecule has 6 heteroatoms. The van der Waals surface area contributed by atoms with Gasteiger partial charge in [0.25, 0.3) is 11.4 Å². The average Bonchev–Trinajstić information content (AvgIpc) is 3.25. The third-order valence-electron chi connectivity index (χ3n) is 4.57. The van der Waals surface area contributed by atoms with Crippen LogP contribution in [0.1, 0.15) is 48.9 Å². The molecule has 1 saturated carbocycles. The molecule has 0 radical (unpaired) electrons. The van der Waals surface area contributed by atoms with Gasteiger partial charge in [-0.25, -0.2) is 0 Å². The lowest BCUT2D eigenvalue weighted by atomic mass is 9.95. The molecule has 4 rings (SSSR count). The molecule has 1 atom stereocenters. The molecule has 0 spiro atoms. The summed E-state index contributed by atoms with van der Waals surface area (Å²) in [6.07, 6.45) is 6.31. The van der Waals surface area contributed by atoms with E-state index in [4.69, 9.17) is 9.26 Å². The Bertz CT molecular complexity index is 745. The molecule has 0 saturated heterocycles. The molecule has 0 bridgehead atoms. The van der Waals surface area contributed by atoms with Crippen LogP contribution in [0.15, 0.2) is 15.4 Å². The fourth-order valence-corrected chi connectivity index (χ4v) is 3.20. The molecule has 22 heavy (non-hydrogen) atoms. The molecule has 0 aliphatic heterocycles. The Labute approximate surface area is 127 Å². The van der Waals surface area contributed by atoms with E-state index in [0.717, 1.165) is 44.2 Å². The summed E-state index contributed by atoms with van der Waals surface area (Å²) in [4.78, 5) is 19.7. The average molecular weight is 301 g/mol. The first-order chi connectivity index (χ1) is 10.8. The third-order valence-corrected chi connectivity index (χ3v) is 4.57. The van der Waals surface area contributed by atoms with E-state index in [1.54, 1.807) is 7.11 Å². The first-order valence-electron chi connectivity index (χ1n) is 7.88. The summed E-state index contributed by atoms with van der Waals surface area (Å²) in [5.41, 5.74) is 2.59. The van der Waals surface area contributed by atoms with Crippen LogP contribution in [0, 0.1) is 5.92 Å². The summed E-state index contributed by atoms with van der Waals surface area (Å²) in [5.74, 6) is 1.28. The van der Waals surface area contributed by atoms with E-state index in [2.05, 4.69) is 15.1 Å². The van der Waals surface area contributed by atoms with Gasteiger partial charge in [-0.2, -0.15) is 4.98 Å². The molecule has 6 nitrogen and oxygen atoms in total. The van der Waals surface area contributed by atoms with Crippen molar-refractivity contribution in [2.45, 2.75) is 44.6 Å². The normalized spacial score (nSPS) is 19.0. The Morgan fingerprint density at radius 2 is 2.18 bits per heavy atom. The maximum Gasteiger partial charge on any atom is 0.259 e. The van der Waals surface area contributed by atoms with Gasteiger partial charge in [0.2, 0.25) is 5.82 Å². The number of methoxy groups -OCH3 is 1. The first-order valence-corrected chi connectivity index (χ1v) is 7.88. The first kappa shape index (κ1) is 13.7. The molecule has 0 aromatic carbocycles. The van der Waals surface area contributed by atoms with Crippen LogP contribution < -0.4 is 5.56 Å². The van der Waals surface area contributed by atoms with E-state index in [-0.39, 0.29) is 11.7 Å². The zero-order chi connectivity index (χ0) is 15.1. The quantitative estimate of drug-likeness (QED) is 0.937. The fourth-order valence-electron chi connectivity index (χ4n) is 3.20. The van der Waals surface area contributed by atoms with Gasteiger partial charge in [-0.15, -0.1) is 0 Å². The monoisotopic (exact) mass is 301 g/mol. The van der Waals surface area contributed by atoms with Crippen molar-refractivity contribution in [1.29, 1.82) is 0 Å². The molecule has 2 aromatic rings. The number of nitrogens with one attached hydrogen (secondary N) is 1. The summed E-state index contributed by atoms with van der Waals surface area (Å²) >= 11 is 0. The fraction of sp³-hybridized carbons (Fsp3) is 0.562. The predicted molar refractivity (Wildman–Crippen MR) is 79.5 cm³/mol. The Balaban J connectivity index is 1.70. The highest BCUT2D eigenvalue weighted by Crippen LogP contribution is 2.42. The number of aryl methyl sites for hydroxylation is 2. The Morgan fingerprint density at radius 3 is 2.95 bits per heavy atom. The van der Waals surface area contributed by atoms with E-state index in [9.17, 15) is 4.79 Å². The molecule has 1 unspecified atom stereocenters. The summed E-state index contributed by atoms with van der Waals surface area (Å²) in [6.45, 7) is 0. The highest BCUT2D eigenvalue weighted by atomic mass is 16.5. The molecule has 1 N–H and O–H groups in total. The Kier molecular flexibility index (Phi) is 3.33. The van der Waals surface area contributed by atoms with Gasteiger partial charge in [0.1, 0.15) is 6.10 Å². The van der Waals surface area contributed by atoms with Crippen molar-refractivity contribution < 1.29 is 9.26 Å². The number of hydrogen-bond acceptors (Lipinski definition) is 5. The minimum atomic E-state index is -0.155. The molecule has 2 aliphatic carbocycles. The maximum atomic E-state index is 12.3. The van der Waals surface area contributed by atoms with Gasteiger partial charge in [0.05, 0.1) is 5.56 Å². The molecule has 2 aliphatic rings. The summed E-state index contributed by atoms with van der Waals surface area (Å²) in [5, 5.41) is 3.99. The van der Waals surface area contributed by atoms with Crippen molar-refractivity contribution >= 4 is 0 Å². The minimum absolute atomic E-state index is 0.145. The number of hydrogen-bond donors (Lipinski definition) is 1. The molecular formula is C16H19N3O3. The predicted octanol–water partition coefficient (Wildman–Crippen LogP) is 2.40. The van der Waals surface area contributed by atoms with Crippen molar-refractivity contribution in [3.63, 3.8) is 0 Å². The summed E-state index contributed by atoms with van der Waals surface area (Å²) in [6, 6.07) is 1.92. The zero-order valence-electron chi connectivity index (χ0n) is 12.6. The Morgan fingerprint density at radius 1 is 1.36 bits per heavy atom. The number of aromatic nitrogens is 3. The van der Waals surface area contributed by atoms with Crippen LogP contribution in [0.25, 0.3) is 11.4 Å². The van der Waals surface area contributed by atoms with Gasteiger partial charge < -0.3 is 14.2 Å². The van der Waals surface area contributed by atoms with Gasteiger partial charge in [0.15, 0.2) is 0 Å². The molecule has 116 valence electrons. The van der Waals surface area contributed by atoms with Crippen LogP contribution in [0.3, 0.4) is 0 Å². The van der Waals surface area contributed by atoms with E-state index in [1.807, 2.05) is 6.07 Å². The minimum Gasteiger partial charge on any atom is -0.371 e. The second kappa shape index (κ2) is 5.35. The van der Waals surface area contributed by atoms with Crippen molar-refractivity contribution in [3.05, 3.63) is 33.6 Å². The van der Waals surface area contributed by atoms with Crippen LogP contribution in [0.2, 0.25) is 0 Å². The van der Waals surface area contributed by atoms with Crippen LogP contribution in [-0.2, 0) is 17.6 Å². The largest absolute Gasteiger partial charge is 0.371 e. The number of aromatic amines is 1. The van der Waals surface area contributed by atoms with Gasteiger partial charge in [-0.3, -0.25) is 4.79 Å². The van der Waals surface area contributed by atoms with E-state index in [0.29, 0.717) is 23.2 Å². The van der Waals surface area contributed by atoms with Crippen LogP contribution in [-0.4, -0.2) is 22.2 Å². The molecule has 0 amide bonds. The summed E-state index contributed by atoms with van der Waals surface area (Å²) < 4.78 is 10.8. The van der Waals surface area contributed by atoms with Crippen LogP contribution >= 0.6 is 0 Å². The van der Waals surface area contributed by atoms with Gasteiger partial charge in [0, 0.05) is 12.8 Å². The smallest absolute Gasteiger partial charge is 0.259 e. The molecule has 2 heterocycles. The number of fused-ring (bicyclic) bond motifs is 1. The molecular weight excluding hydrogens is 282 g/mol. The summed E-state index contributed by atoms with van der Waals surface area (Å²) in [7, 11) is 1.65. The third kappa shape index (κ3) is 2.37. The molecule has 2 aromatic heterocycles. The van der Waals surface area contributed by atoms with Crippen LogP contribution in [0.4, 0.5) is 0 Å². The lowest BCUT2D eigenvalue weighted by molar-refractivity contribution is 0.0561. The van der Waals surface area contributed by atoms with Crippen molar-refractivity contribution in [2.24, 2.45) is 5.92 Å². The highest BCUT2D eigenvalue weighted by molar-refractivity contribution is 5.55. The number of H-pyrrole nitrogens is 1. The van der Waals surface area contributed by atoms with Crippen molar-refractivity contribution in [2.75, 3.05) is 7.11 Å². The lowest BCUT2D eigenvalue weighted by Gasteiger charge is -2.15. The van der Waals surface area contributed by atoms with Gasteiger partial charge in [-0.05, 0) is 56.1 Å². The zero-order valence-corrected chi connectivity index (χ0v) is 12.6. The number of rotatable bonds is 4. The lowest BCUT2D eigenvalue weighted by Crippen LogP contribution is -2.17. The van der Waals surface area contributed by atoms with Gasteiger partial charge in [-0.1, -0.05) is 5.16 Å². The van der Waals surface area contributed by atoms with Gasteiger partial charge >= 0.3 is 0 Å². The SMILES string of the molecule is COC(c1nc(-c2cc3c([nH]c2=O)CCCC3)no1)C1CC1. The Hall–Kier alpha value is -1.95. The van der Waals surface area contributed by atoms with Crippen molar-refractivity contribution in [1.82, 2.24) is 15.1 Å². The van der Waals surface area contributed by atoms with E-state index >= 15 is 0 Å². The standard InChI is InChI=1S/C16H19N3O3/c1-21-13(9-6-7-9)16-18-14(19-22-16)11-8-10-4-2-3-5-12(10)17-15(11)20/h8-9,13H,2-7H2,1H3,(H,17,20). The van der Waals surface area contributed by atoms with Crippen LogP contribution in [0.5, 0.6) is 0 Å². The second-order valence-electron chi connectivity index (χ2n) is 6.17. The van der Waals surface area contributed by atoms with E-state index in [1.165, 1.54) is 5.56 Å². The molecule has 1 fully saturated rings. The number of ether oxygens (including phenoxy) is 1. The van der Waals surface area contributed by atoms with Crippen molar-refractivity contribution in [3.8, 4) is 11.4 Å². The number of nitrogens with zero attached hydrogens (tertiary/aromatic N) is 2. The number of pyridine rings is 1. The van der Waals surface area contributed by atoms with E-state index < -0.39 is 0 Å².